The molecule has 0 aliphatic heterocycles. The van der Waals surface area contributed by atoms with Crippen LogP contribution in [0.4, 0.5) is 0 Å². The van der Waals surface area contributed by atoms with Gasteiger partial charge in [-0.25, -0.2) is 0 Å². The molecule has 1 aromatic heterocycles. The minimum absolute atomic E-state index is 0.0739. The van der Waals surface area contributed by atoms with Crippen LogP contribution in [0.15, 0.2) is 60.5 Å². The Hall–Kier alpha value is -2.55. The Balaban J connectivity index is 2.53. The molecule has 0 spiro atoms. The molecule has 3 heteroatoms. The number of methoxy groups -OCH3 is 1. The third kappa shape index (κ3) is 3.19. The van der Waals surface area contributed by atoms with Gasteiger partial charge in [-0.15, -0.1) is 0 Å². The summed E-state index contributed by atoms with van der Waals surface area (Å²) in [6.07, 6.45) is 9.62. The van der Waals surface area contributed by atoms with Crippen molar-refractivity contribution in [2.45, 2.75) is 20.8 Å². The molecule has 0 unspecified atom stereocenters. The summed E-state index contributed by atoms with van der Waals surface area (Å²) in [5.41, 5.74) is 2.79. The summed E-state index contributed by atoms with van der Waals surface area (Å²) in [5.74, 6) is 0.856. The third-order valence-corrected chi connectivity index (χ3v) is 3.53. The van der Waals surface area contributed by atoms with Crippen molar-refractivity contribution in [2.75, 3.05) is 7.11 Å². The van der Waals surface area contributed by atoms with Gasteiger partial charge < -0.3 is 9.30 Å². The van der Waals surface area contributed by atoms with E-state index in [2.05, 4.69) is 0 Å². The summed E-state index contributed by atoms with van der Waals surface area (Å²) in [6, 6.07) is 7.93. The molecule has 0 saturated carbocycles. The van der Waals surface area contributed by atoms with Crippen LogP contribution in [0.5, 0.6) is 0 Å². The van der Waals surface area contributed by atoms with Crippen molar-refractivity contribution in [2.24, 2.45) is 0 Å². The molecule has 114 valence electrons. The number of hydrogen-bond donors (Lipinski definition) is 0. The minimum Gasteiger partial charge on any atom is -0.497 e. The van der Waals surface area contributed by atoms with Gasteiger partial charge in [-0.05, 0) is 45.1 Å². The van der Waals surface area contributed by atoms with E-state index < -0.39 is 0 Å². The van der Waals surface area contributed by atoms with Crippen LogP contribution in [0.1, 0.15) is 31.1 Å². The van der Waals surface area contributed by atoms with Gasteiger partial charge in [0, 0.05) is 22.8 Å². The van der Waals surface area contributed by atoms with E-state index in [1.165, 1.54) is 0 Å². The van der Waals surface area contributed by atoms with Crippen molar-refractivity contribution in [1.29, 1.82) is 0 Å². The topological polar surface area (TPSA) is 31.2 Å². The van der Waals surface area contributed by atoms with Gasteiger partial charge in [0.1, 0.15) is 5.76 Å². The highest BCUT2D eigenvalue weighted by Crippen LogP contribution is 2.24. The molecule has 1 heterocycles. The maximum atomic E-state index is 11.8. The first-order chi connectivity index (χ1) is 10.6. The van der Waals surface area contributed by atoms with Crippen molar-refractivity contribution in [1.82, 2.24) is 4.57 Å². The number of Topliss-reactive ketones (excluding diaryl/α,β-unsaturated/α-hetero) is 1. The second kappa shape index (κ2) is 6.94. The number of carbonyl (C=O) groups excluding carboxylic acids is 1. The highest BCUT2D eigenvalue weighted by atomic mass is 16.5. The van der Waals surface area contributed by atoms with Crippen LogP contribution in [0, 0.1) is 0 Å². The molecular weight excluding hydrogens is 274 g/mol. The van der Waals surface area contributed by atoms with E-state index in [1.807, 2.05) is 73.2 Å². The lowest BCUT2D eigenvalue weighted by Gasteiger charge is -2.05. The number of aromatic nitrogens is 1. The first kappa shape index (κ1) is 15.8. The van der Waals surface area contributed by atoms with Gasteiger partial charge in [-0.3, -0.25) is 4.79 Å². The summed E-state index contributed by atoms with van der Waals surface area (Å²) in [5, 5.41) is 0.979. The van der Waals surface area contributed by atoms with Crippen molar-refractivity contribution in [3.8, 4) is 0 Å². The number of benzene rings is 1. The molecule has 0 amide bonds. The smallest absolute Gasteiger partial charge is 0.161 e. The van der Waals surface area contributed by atoms with Gasteiger partial charge in [0.15, 0.2) is 5.78 Å². The zero-order valence-electron chi connectivity index (χ0n) is 13.5. The lowest BCUT2D eigenvalue weighted by molar-refractivity contribution is 0.101. The van der Waals surface area contributed by atoms with E-state index in [-0.39, 0.29) is 5.78 Å². The molecule has 2 aromatic rings. The third-order valence-electron chi connectivity index (χ3n) is 3.53. The van der Waals surface area contributed by atoms with E-state index in [4.69, 9.17) is 4.74 Å². The summed E-state index contributed by atoms with van der Waals surface area (Å²) in [6.45, 7) is 5.55. The second-order valence-corrected chi connectivity index (χ2v) is 5.07. The summed E-state index contributed by atoms with van der Waals surface area (Å²) >= 11 is 0. The maximum absolute atomic E-state index is 11.8. The van der Waals surface area contributed by atoms with Crippen LogP contribution >= 0.6 is 0 Å². The Morgan fingerprint density at radius 1 is 1.18 bits per heavy atom. The number of hydrogen-bond acceptors (Lipinski definition) is 2. The Morgan fingerprint density at radius 3 is 2.55 bits per heavy atom. The quantitative estimate of drug-likeness (QED) is 0.450. The van der Waals surface area contributed by atoms with E-state index >= 15 is 0 Å². The van der Waals surface area contributed by atoms with Crippen LogP contribution in [-0.2, 0) is 4.74 Å². The number of ketones is 1. The number of allylic oxidation sites excluding steroid dienone is 5. The number of rotatable bonds is 5. The van der Waals surface area contributed by atoms with Crippen molar-refractivity contribution in [3.63, 3.8) is 0 Å². The predicted octanol–water partition coefficient (Wildman–Crippen LogP) is 4.81. The van der Waals surface area contributed by atoms with Gasteiger partial charge in [0.05, 0.1) is 12.6 Å². The van der Waals surface area contributed by atoms with E-state index in [0.717, 1.165) is 27.9 Å². The minimum atomic E-state index is 0.0739. The first-order valence-corrected chi connectivity index (χ1v) is 7.25. The molecule has 0 aliphatic carbocycles. The molecule has 0 aliphatic rings. The van der Waals surface area contributed by atoms with E-state index in [0.29, 0.717) is 0 Å². The lowest BCUT2D eigenvalue weighted by Crippen LogP contribution is -1.92. The average Bonchev–Trinajstić information content (AvgIpc) is 2.91. The van der Waals surface area contributed by atoms with Crippen LogP contribution in [0.2, 0.25) is 0 Å². The van der Waals surface area contributed by atoms with Gasteiger partial charge in [0.25, 0.3) is 0 Å². The summed E-state index contributed by atoms with van der Waals surface area (Å²) < 4.78 is 7.31. The second-order valence-electron chi connectivity index (χ2n) is 5.07. The van der Waals surface area contributed by atoms with Gasteiger partial charge in [-0.2, -0.15) is 0 Å². The van der Waals surface area contributed by atoms with Crippen molar-refractivity contribution in [3.05, 3.63) is 66.1 Å². The molecule has 0 saturated heterocycles. The zero-order valence-corrected chi connectivity index (χ0v) is 13.5. The van der Waals surface area contributed by atoms with Crippen LogP contribution in [0.3, 0.4) is 0 Å². The van der Waals surface area contributed by atoms with Crippen LogP contribution in [-0.4, -0.2) is 17.5 Å². The highest BCUT2D eigenvalue weighted by Gasteiger charge is 2.11. The SMILES string of the molecule is C\C=C/C(=C\C=C(/C)n1cc(C(C)=O)c2ccccc21)OC. The molecule has 3 nitrogen and oxygen atoms in total. The highest BCUT2D eigenvalue weighted by molar-refractivity contribution is 6.07. The van der Waals surface area contributed by atoms with Gasteiger partial charge in [-0.1, -0.05) is 24.3 Å². The average molecular weight is 295 g/mol. The fourth-order valence-corrected chi connectivity index (χ4v) is 2.39. The molecule has 0 fully saturated rings. The standard InChI is InChI=1S/C19H21NO2/c1-5-8-16(22-4)12-11-14(2)20-13-18(15(3)21)17-9-6-7-10-19(17)20/h5-13H,1-4H3/b8-5-,14-11+,16-12+. The maximum Gasteiger partial charge on any atom is 0.161 e. The fourth-order valence-electron chi connectivity index (χ4n) is 2.39. The molecule has 1 aromatic carbocycles. The number of ether oxygens (including phenoxy) is 1. The number of nitrogens with zero attached hydrogens (tertiary/aromatic N) is 1. The predicted molar refractivity (Wildman–Crippen MR) is 91.8 cm³/mol. The normalized spacial score (nSPS) is 13.1. The Kier molecular flexibility index (Phi) is 4.99. The van der Waals surface area contributed by atoms with Crippen molar-refractivity contribution >= 4 is 22.4 Å². The number of carbonyl (C=O) groups is 1. The number of para-hydroxylation sites is 1. The zero-order chi connectivity index (χ0) is 16.1. The fraction of sp³-hybridized carbons (Fsp3) is 0.211. The Bertz CT molecular complexity index is 776. The lowest BCUT2D eigenvalue weighted by atomic mass is 10.1. The Labute approximate surface area is 131 Å². The molecule has 2 rings (SSSR count). The molecule has 0 radical (unpaired) electrons. The van der Waals surface area contributed by atoms with Gasteiger partial charge in [0.2, 0.25) is 0 Å². The van der Waals surface area contributed by atoms with Gasteiger partial charge >= 0.3 is 0 Å². The van der Waals surface area contributed by atoms with Crippen LogP contribution < -0.4 is 0 Å². The van der Waals surface area contributed by atoms with E-state index in [1.54, 1.807) is 14.0 Å². The molecule has 0 bridgehead atoms. The molecule has 0 N–H and O–H groups in total. The van der Waals surface area contributed by atoms with Crippen molar-refractivity contribution < 1.29 is 9.53 Å². The Morgan fingerprint density at radius 2 is 1.91 bits per heavy atom. The van der Waals surface area contributed by atoms with Crippen LogP contribution in [0.25, 0.3) is 16.6 Å². The monoisotopic (exact) mass is 295 g/mol. The largest absolute Gasteiger partial charge is 0.497 e. The van der Waals surface area contributed by atoms with E-state index in [9.17, 15) is 4.79 Å². The summed E-state index contributed by atoms with van der Waals surface area (Å²) in [4.78, 5) is 11.8. The number of fused-ring (bicyclic) bond motifs is 1. The first-order valence-electron chi connectivity index (χ1n) is 7.25. The summed E-state index contributed by atoms with van der Waals surface area (Å²) in [7, 11) is 1.65. The molecule has 0 atom stereocenters. The molecule has 22 heavy (non-hydrogen) atoms. The molecular formula is C19H21NO2.